The zero-order chi connectivity index (χ0) is 13.9. The van der Waals surface area contributed by atoms with Gasteiger partial charge in [-0.1, -0.05) is 0 Å². The monoisotopic (exact) mass is 299 g/mol. The van der Waals surface area contributed by atoms with Crippen molar-refractivity contribution in [3.8, 4) is 5.75 Å². The highest BCUT2D eigenvalue weighted by Gasteiger charge is 2.32. The Morgan fingerprint density at radius 1 is 1.47 bits per heavy atom. The number of phenolic OH excluding ortho intramolecular Hbond substituents is 1. The van der Waals surface area contributed by atoms with Gasteiger partial charge >= 0.3 is 5.97 Å². The van der Waals surface area contributed by atoms with Gasteiger partial charge in [0.25, 0.3) is 0 Å². The van der Waals surface area contributed by atoms with E-state index in [1.165, 1.54) is 6.92 Å². The number of halogens is 4. The minimum absolute atomic E-state index is 0. The van der Waals surface area contributed by atoms with Crippen LogP contribution in [0.5, 0.6) is 5.75 Å². The lowest BCUT2D eigenvalue weighted by molar-refractivity contribution is -0.149. The summed E-state index contributed by atoms with van der Waals surface area (Å²) in [7, 11) is 0. The lowest BCUT2D eigenvalue weighted by atomic mass is 10.0. The number of phenols is 1. The molecule has 1 unspecified atom stereocenters. The number of carbonyl (C=O) groups is 1. The summed E-state index contributed by atoms with van der Waals surface area (Å²) in [6.45, 7) is 1.40. The van der Waals surface area contributed by atoms with Crippen molar-refractivity contribution < 1.29 is 27.8 Å². The van der Waals surface area contributed by atoms with Crippen LogP contribution in [0.3, 0.4) is 0 Å². The van der Waals surface area contributed by atoms with Crippen LogP contribution in [0.25, 0.3) is 0 Å². The van der Waals surface area contributed by atoms with Gasteiger partial charge in [-0.2, -0.15) is 0 Å². The Hall–Kier alpha value is -1.47. The third kappa shape index (κ3) is 4.00. The summed E-state index contributed by atoms with van der Waals surface area (Å²) in [5.74, 6) is -4.39. The SMILES string of the molecule is CCOC(=O)C(F)[C@H](N)c1c(O)cc(F)cc1F.Cl. The Kier molecular flexibility index (Phi) is 6.64. The number of benzene rings is 1. The van der Waals surface area contributed by atoms with Crippen LogP contribution in [0.1, 0.15) is 18.5 Å². The summed E-state index contributed by atoms with van der Waals surface area (Å²) in [5.41, 5.74) is 4.65. The fourth-order valence-electron chi connectivity index (χ4n) is 1.42. The van der Waals surface area contributed by atoms with Gasteiger partial charge in [-0.25, -0.2) is 18.0 Å². The van der Waals surface area contributed by atoms with E-state index >= 15 is 0 Å². The topological polar surface area (TPSA) is 72.5 Å². The van der Waals surface area contributed by atoms with Crippen LogP contribution in [0, 0.1) is 11.6 Å². The van der Waals surface area contributed by atoms with Crippen LogP contribution >= 0.6 is 12.4 Å². The molecule has 108 valence electrons. The minimum atomic E-state index is -2.35. The van der Waals surface area contributed by atoms with E-state index in [1.807, 2.05) is 0 Å². The lowest BCUT2D eigenvalue weighted by Crippen LogP contribution is -2.32. The molecule has 0 heterocycles. The maximum absolute atomic E-state index is 13.6. The Balaban J connectivity index is 0.00000324. The molecule has 0 bridgehead atoms. The van der Waals surface area contributed by atoms with Crippen LogP contribution in [-0.4, -0.2) is 23.9 Å². The molecule has 1 aromatic rings. The molecule has 3 N–H and O–H groups in total. The summed E-state index contributed by atoms with van der Waals surface area (Å²) >= 11 is 0. The summed E-state index contributed by atoms with van der Waals surface area (Å²) in [4.78, 5) is 11.1. The number of rotatable bonds is 4. The van der Waals surface area contributed by atoms with E-state index in [2.05, 4.69) is 4.74 Å². The highest BCUT2D eigenvalue weighted by Crippen LogP contribution is 2.30. The smallest absolute Gasteiger partial charge is 0.342 e. The molecular weight excluding hydrogens is 287 g/mol. The highest BCUT2D eigenvalue weighted by atomic mass is 35.5. The number of esters is 1. The number of ether oxygens (including phenoxy) is 1. The first kappa shape index (κ1) is 17.5. The van der Waals surface area contributed by atoms with Gasteiger partial charge < -0.3 is 15.6 Å². The zero-order valence-electron chi connectivity index (χ0n) is 9.90. The first-order valence-electron chi connectivity index (χ1n) is 5.12. The fraction of sp³-hybridized carbons (Fsp3) is 0.364. The number of nitrogens with two attached hydrogens (primary N) is 1. The number of hydrogen-bond acceptors (Lipinski definition) is 4. The summed E-state index contributed by atoms with van der Waals surface area (Å²) < 4.78 is 44.0. The van der Waals surface area contributed by atoms with E-state index in [-0.39, 0.29) is 19.0 Å². The summed E-state index contributed by atoms with van der Waals surface area (Å²) in [6.07, 6.45) is -2.35. The molecular formula is C11H13ClF3NO3. The maximum atomic E-state index is 13.6. The van der Waals surface area contributed by atoms with Gasteiger partial charge in [0.1, 0.15) is 17.4 Å². The van der Waals surface area contributed by atoms with E-state index in [0.717, 1.165) is 0 Å². The molecule has 0 aliphatic carbocycles. The minimum Gasteiger partial charge on any atom is -0.507 e. The molecule has 0 saturated carbocycles. The van der Waals surface area contributed by atoms with Gasteiger partial charge in [0.2, 0.25) is 6.17 Å². The van der Waals surface area contributed by atoms with Crippen molar-refractivity contribution >= 4 is 18.4 Å². The van der Waals surface area contributed by atoms with Crippen molar-refractivity contribution in [1.82, 2.24) is 0 Å². The number of carbonyl (C=O) groups excluding carboxylic acids is 1. The molecule has 0 aromatic heterocycles. The molecule has 4 nitrogen and oxygen atoms in total. The standard InChI is InChI=1S/C11H12F3NO3.ClH/c1-2-18-11(17)9(14)10(15)8-6(13)3-5(12)4-7(8)16;/h3-4,9-10,16H,2,15H2,1H3;1H/t9?,10-;/m1./s1. The zero-order valence-corrected chi connectivity index (χ0v) is 10.7. The molecule has 0 radical (unpaired) electrons. The predicted octanol–water partition coefficient (Wildman–Crippen LogP) is 1.99. The van der Waals surface area contributed by atoms with Crippen LogP contribution in [-0.2, 0) is 9.53 Å². The summed E-state index contributed by atoms with van der Waals surface area (Å²) in [5, 5.41) is 9.32. The van der Waals surface area contributed by atoms with Crippen molar-refractivity contribution in [2.45, 2.75) is 19.1 Å². The molecule has 19 heavy (non-hydrogen) atoms. The van der Waals surface area contributed by atoms with Crippen molar-refractivity contribution in [3.63, 3.8) is 0 Å². The Labute approximate surface area is 113 Å². The van der Waals surface area contributed by atoms with Crippen molar-refractivity contribution in [3.05, 3.63) is 29.3 Å². The molecule has 1 aromatic carbocycles. The lowest BCUT2D eigenvalue weighted by Gasteiger charge is -2.17. The predicted molar refractivity (Wildman–Crippen MR) is 63.7 cm³/mol. The van der Waals surface area contributed by atoms with Crippen molar-refractivity contribution in [2.75, 3.05) is 6.61 Å². The second-order valence-corrected chi connectivity index (χ2v) is 3.50. The molecule has 0 amide bonds. The molecule has 2 atom stereocenters. The molecule has 0 saturated heterocycles. The van der Waals surface area contributed by atoms with Crippen molar-refractivity contribution in [2.24, 2.45) is 5.73 Å². The van der Waals surface area contributed by atoms with E-state index in [1.54, 1.807) is 0 Å². The average molecular weight is 300 g/mol. The van der Waals surface area contributed by atoms with E-state index in [9.17, 15) is 23.1 Å². The van der Waals surface area contributed by atoms with Gasteiger partial charge in [0.15, 0.2) is 0 Å². The third-order valence-corrected chi connectivity index (χ3v) is 2.23. The summed E-state index contributed by atoms with van der Waals surface area (Å²) in [6, 6.07) is -0.757. The maximum Gasteiger partial charge on any atom is 0.342 e. The first-order chi connectivity index (χ1) is 8.38. The van der Waals surface area contributed by atoms with E-state index < -0.39 is 41.1 Å². The molecule has 8 heteroatoms. The van der Waals surface area contributed by atoms with Crippen LogP contribution in [0.2, 0.25) is 0 Å². The van der Waals surface area contributed by atoms with Gasteiger partial charge in [0, 0.05) is 12.1 Å². The van der Waals surface area contributed by atoms with Gasteiger partial charge in [0.05, 0.1) is 18.2 Å². The third-order valence-electron chi connectivity index (χ3n) is 2.23. The highest BCUT2D eigenvalue weighted by molar-refractivity contribution is 5.85. The van der Waals surface area contributed by atoms with E-state index in [4.69, 9.17) is 5.73 Å². The quantitative estimate of drug-likeness (QED) is 0.834. The molecule has 0 spiro atoms. The largest absolute Gasteiger partial charge is 0.507 e. The van der Waals surface area contributed by atoms with Crippen LogP contribution < -0.4 is 5.73 Å². The molecule has 0 aliphatic rings. The van der Waals surface area contributed by atoms with E-state index in [0.29, 0.717) is 12.1 Å². The van der Waals surface area contributed by atoms with Crippen LogP contribution in [0.15, 0.2) is 12.1 Å². The average Bonchev–Trinajstić information content (AvgIpc) is 2.26. The second-order valence-electron chi connectivity index (χ2n) is 3.50. The molecule has 0 fully saturated rings. The van der Waals surface area contributed by atoms with Gasteiger partial charge in [-0.15, -0.1) is 12.4 Å². The number of hydrogen-bond donors (Lipinski definition) is 2. The van der Waals surface area contributed by atoms with Crippen LogP contribution in [0.4, 0.5) is 13.2 Å². The Bertz CT molecular complexity index is 436. The Morgan fingerprint density at radius 2 is 2.05 bits per heavy atom. The van der Waals surface area contributed by atoms with Crippen molar-refractivity contribution in [1.29, 1.82) is 0 Å². The fourth-order valence-corrected chi connectivity index (χ4v) is 1.42. The normalized spacial score (nSPS) is 13.3. The molecule has 1 rings (SSSR count). The van der Waals surface area contributed by atoms with Gasteiger partial charge in [-0.05, 0) is 6.92 Å². The number of aromatic hydroxyl groups is 1. The Morgan fingerprint density at radius 3 is 2.53 bits per heavy atom. The molecule has 0 aliphatic heterocycles. The second kappa shape index (κ2) is 7.20. The number of alkyl halides is 1. The van der Waals surface area contributed by atoms with Gasteiger partial charge in [-0.3, -0.25) is 0 Å². The first-order valence-corrected chi connectivity index (χ1v) is 5.12.